The Morgan fingerprint density at radius 3 is 2.27 bits per heavy atom. The summed E-state index contributed by atoms with van der Waals surface area (Å²) in [6.07, 6.45) is 29.0. The predicted molar refractivity (Wildman–Crippen MR) is 152 cm³/mol. The summed E-state index contributed by atoms with van der Waals surface area (Å²) in [5, 5.41) is 3.04. The van der Waals surface area contributed by atoms with Crippen LogP contribution in [0.2, 0.25) is 0 Å². The molecule has 1 unspecified atom stereocenters. The molecule has 0 aromatic heterocycles. The van der Waals surface area contributed by atoms with Crippen LogP contribution in [0.4, 0.5) is 11.4 Å². The van der Waals surface area contributed by atoms with Gasteiger partial charge >= 0.3 is 0 Å². The first-order chi connectivity index (χ1) is 18.0. The van der Waals surface area contributed by atoms with Crippen LogP contribution in [0.15, 0.2) is 52.7 Å². The van der Waals surface area contributed by atoms with E-state index in [2.05, 4.69) is 35.3 Å². The number of amides is 2. The van der Waals surface area contributed by atoms with E-state index in [1.54, 1.807) is 0 Å². The van der Waals surface area contributed by atoms with Gasteiger partial charge in [-0.3, -0.25) is 14.5 Å². The molecule has 1 heterocycles. The quantitative estimate of drug-likeness (QED) is 0.278. The third kappa shape index (κ3) is 8.74. The lowest BCUT2D eigenvalue weighted by molar-refractivity contribution is -0.764. The van der Waals surface area contributed by atoms with Crippen LogP contribution in [0.5, 0.6) is 0 Å². The number of nitrogens with one attached hydrogen (secondary N) is 2. The minimum absolute atomic E-state index is 0.0328. The smallest absolute Gasteiger partial charge is 0.246 e. The Morgan fingerprint density at radius 1 is 0.892 bits per heavy atom. The maximum Gasteiger partial charge on any atom is 0.246 e. The summed E-state index contributed by atoms with van der Waals surface area (Å²) in [6.45, 7) is 0. The lowest BCUT2D eigenvalue weighted by Crippen LogP contribution is -3.02. The molecule has 2 amide bonds. The van der Waals surface area contributed by atoms with E-state index in [4.69, 9.17) is 12.8 Å². The van der Waals surface area contributed by atoms with Crippen molar-refractivity contribution < 1.29 is 14.5 Å². The van der Waals surface area contributed by atoms with E-state index in [1.165, 1.54) is 0 Å². The van der Waals surface area contributed by atoms with Gasteiger partial charge in [0.2, 0.25) is 11.8 Å². The number of carbonyl (C=O) groups is 2. The summed E-state index contributed by atoms with van der Waals surface area (Å²) < 4.78 is 0. The molecule has 0 saturated carbocycles. The first-order valence-electron chi connectivity index (χ1n) is 13.4. The van der Waals surface area contributed by atoms with Crippen LogP contribution in [-0.2, 0) is 9.59 Å². The number of rotatable bonds is 13. The Morgan fingerprint density at radius 2 is 1.57 bits per heavy atom. The third-order valence-electron chi connectivity index (χ3n) is 6.68. The van der Waals surface area contributed by atoms with Crippen molar-refractivity contribution >= 4 is 35.0 Å². The molecule has 5 nitrogen and oxygen atoms in total. The molecule has 192 valence electrons. The van der Waals surface area contributed by atoms with Crippen LogP contribution in [0.25, 0.3) is 6.08 Å². The number of allylic oxidation sites excluding steroid dienone is 3. The maximum atomic E-state index is 12.4. The highest BCUT2D eigenvalue weighted by Crippen LogP contribution is 2.28. The van der Waals surface area contributed by atoms with Gasteiger partial charge in [0.25, 0.3) is 0 Å². The third-order valence-corrected chi connectivity index (χ3v) is 6.68. The normalized spacial score (nSPS) is 16.6. The largest absolute Gasteiger partial charge is 0.326 e. The van der Waals surface area contributed by atoms with Gasteiger partial charge in [-0.2, -0.15) is 0 Å². The van der Waals surface area contributed by atoms with Crippen molar-refractivity contribution in [3.8, 4) is 24.7 Å². The second-order valence-corrected chi connectivity index (χ2v) is 9.63. The summed E-state index contributed by atoms with van der Waals surface area (Å²) >= 11 is 0. The molecule has 2 N–H and O–H groups in total. The van der Waals surface area contributed by atoms with Crippen LogP contribution in [-0.4, -0.2) is 24.6 Å². The van der Waals surface area contributed by atoms with E-state index < -0.39 is 0 Å². The minimum atomic E-state index is -0.0872. The lowest BCUT2D eigenvalue weighted by Gasteiger charge is -2.26. The lowest BCUT2D eigenvalue weighted by atomic mass is 9.95. The molecular weight excluding hydrogens is 458 g/mol. The zero-order chi connectivity index (χ0) is 26.5. The van der Waals surface area contributed by atoms with E-state index in [9.17, 15) is 9.59 Å². The van der Waals surface area contributed by atoms with Gasteiger partial charge in [-0.25, -0.2) is 4.99 Å². The number of nitrogens with zero attached hydrogens (tertiary/aromatic N) is 1. The Balaban J connectivity index is 1.58. The van der Waals surface area contributed by atoms with Gasteiger partial charge < -0.3 is 5.32 Å². The highest BCUT2D eigenvalue weighted by molar-refractivity contribution is 6.11. The highest BCUT2D eigenvalue weighted by atomic mass is 16.2. The van der Waals surface area contributed by atoms with E-state index in [-0.39, 0.29) is 11.8 Å². The number of fused-ring (bicyclic) bond motifs is 2. The summed E-state index contributed by atoms with van der Waals surface area (Å²) in [5.41, 5.74) is 5.83. The van der Waals surface area contributed by atoms with E-state index >= 15 is 0 Å². The summed E-state index contributed by atoms with van der Waals surface area (Å²) in [7, 11) is 2.08. The fourth-order valence-electron chi connectivity index (χ4n) is 4.61. The molecule has 1 atom stereocenters. The molecule has 0 saturated heterocycles. The number of quaternary nitrogens is 1. The molecule has 1 aromatic carbocycles. The van der Waals surface area contributed by atoms with Gasteiger partial charge in [0.1, 0.15) is 11.4 Å². The number of terminal acetylenes is 2. The monoisotopic (exact) mass is 496 g/mol. The molecule has 3 rings (SSSR count). The predicted octanol–water partition coefficient (Wildman–Crippen LogP) is 5.54. The van der Waals surface area contributed by atoms with Crippen molar-refractivity contribution in [2.24, 2.45) is 4.99 Å². The zero-order valence-electron chi connectivity index (χ0n) is 21.9. The van der Waals surface area contributed by atoms with Crippen LogP contribution >= 0.6 is 0 Å². The molecule has 5 heteroatoms. The molecular formula is C32H38N3O2+. The number of benzene rings is 1. The Hall–Kier alpha value is -3.67. The van der Waals surface area contributed by atoms with Crippen molar-refractivity contribution in [2.75, 3.05) is 12.4 Å². The maximum absolute atomic E-state index is 12.4. The van der Waals surface area contributed by atoms with Crippen LogP contribution in [0, 0.1) is 24.7 Å². The minimum Gasteiger partial charge on any atom is -0.326 e. The molecule has 0 fully saturated rings. The summed E-state index contributed by atoms with van der Waals surface area (Å²) in [5.74, 6) is 5.24. The van der Waals surface area contributed by atoms with Gasteiger partial charge in [0.15, 0.2) is 0 Å². The first-order valence-corrected chi connectivity index (χ1v) is 13.4. The zero-order valence-corrected chi connectivity index (χ0v) is 21.9. The van der Waals surface area contributed by atoms with Crippen molar-refractivity contribution in [1.82, 2.24) is 0 Å². The topological polar surface area (TPSA) is 63.0 Å². The summed E-state index contributed by atoms with van der Waals surface area (Å²) in [4.78, 5) is 30.2. The Kier molecular flexibility index (Phi) is 11.2. The average molecular weight is 497 g/mol. The summed E-state index contributed by atoms with van der Waals surface area (Å²) in [6, 6.07) is 6.03. The van der Waals surface area contributed by atoms with Gasteiger partial charge in [0, 0.05) is 54.6 Å². The fraction of sp³-hybridized carbons (Fsp3) is 0.406. The van der Waals surface area contributed by atoms with Gasteiger partial charge in [0.05, 0.1) is 12.8 Å². The fourth-order valence-corrected chi connectivity index (χ4v) is 4.61. The van der Waals surface area contributed by atoms with Crippen molar-refractivity contribution in [3.63, 3.8) is 0 Å². The van der Waals surface area contributed by atoms with E-state index in [1.807, 2.05) is 36.4 Å². The van der Waals surface area contributed by atoms with E-state index in [0.29, 0.717) is 18.6 Å². The van der Waals surface area contributed by atoms with Crippen molar-refractivity contribution in [1.29, 1.82) is 0 Å². The second-order valence-electron chi connectivity index (χ2n) is 9.63. The van der Waals surface area contributed by atoms with Crippen LogP contribution in [0.3, 0.4) is 0 Å². The molecule has 0 radical (unpaired) electrons. The number of hydrogen-bond donors (Lipinski definition) is 2. The number of anilines is 1. The van der Waals surface area contributed by atoms with Gasteiger partial charge in [-0.05, 0) is 56.0 Å². The molecule has 1 aromatic rings. The molecule has 1 aliphatic carbocycles. The molecule has 2 aliphatic rings. The number of aliphatic imine (C=N–C) groups is 1. The first kappa shape index (κ1) is 27.9. The Labute approximate surface area is 221 Å². The number of likely N-dealkylation sites (N-methyl/N-ethyl adjacent to an activating group) is 1. The Bertz CT molecular complexity index is 1190. The number of hydrogen-bond acceptors (Lipinski definition) is 2. The standard InChI is InChI=1S/C32H37N3O2/c1-4-6-8-10-12-14-16-31(36)33-27-20-18-25-22-26-19-21-28(24-30(26)35(3)29(25)23-27)34-32(37)17-15-13-11-9-7-5-2/h1-2,18-24H,6-17H2,3H3,(H,33,36)/p+1. The van der Waals surface area contributed by atoms with E-state index in [0.717, 1.165) is 97.3 Å². The van der Waals surface area contributed by atoms with Crippen molar-refractivity contribution in [3.05, 3.63) is 53.3 Å². The molecule has 1 aliphatic heterocycles. The highest BCUT2D eigenvalue weighted by Gasteiger charge is 2.27. The molecule has 0 spiro atoms. The van der Waals surface area contributed by atoms with Crippen LogP contribution in [0.1, 0.15) is 82.6 Å². The average Bonchev–Trinajstić information content (AvgIpc) is 2.89. The van der Waals surface area contributed by atoms with Crippen LogP contribution < -0.4 is 10.2 Å². The second kappa shape index (κ2) is 14.8. The molecule has 37 heavy (non-hydrogen) atoms. The number of unbranched alkanes of at least 4 members (excludes halogenated alkanes) is 8. The van der Waals surface area contributed by atoms with Crippen molar-refractivity contribution in [2.45, 2.75) is 77.0 Å². The van der Waals surface area contributed by atoms with Gasteiger partial charge in [-0.1, -0.05) is 25.7 Å². The molecule has 0 bridgehead atoms. The number of carbonyl (C=O) groups excluding carboxylic acids is 2. The SMILES string of the molecule is C#CCCCCCCC(=O)N=C1C=CC2=Cc3ccc(NC(=O)CCCCCCC#C)cc3[NH+](C)C2=C1. The van der Waals surface area contributed by atoms with Gasteiger partial charge in [-0.15, -0.1) is 24.7 Å².